The maximum absolute atomic E-state index is 5.60. The molecule has 0 fully saturated rings. The first-order valence-corrected chi connectivity index (χ1v) is 10.3. The van der Waals surface area contributed by atoms with Gasteiger partial charge >= 0.3 is 0 Å². The van der Waals surface area contributed by atoms with Crippen molar-refractivity contribution in [3.05, 3.63) is 102 Å². The SMILES string of the molecule is Brc1cccc2c1sc1ccccc12.Nc1ccc(-c2ccccc2)cc1. The number of benzene rings is 4. The Bertz CT molecular complexity index is 1180. The molecule has 5 rings (SSSR count). The van der Waals surface area contributed by atoms with Crippen LogP contribution >= 0.6 is 27.3 Å². The lowest BCUT2D eigenvalue weighted by Gasteiger charge is -2.00. The molecular weight excluding hydrogens is 414 g/mol. The van der Waals surface area contributed by atoms with Crippen molar-refractivity contribution in [2.75, 3.05) is 5.73 Å². The van der Waals surface area contributed by atoms with Crippen molar-refractivity contribution in [1.82, 2.24) is 0 Å². The Hall–Kier alpha value is -2.62. The fourth-order valence-electron chi connectivity index (χ4n) is 3.02. The van der Waals surface area contributed by atoms with Gasteiger partial charge in [-0.1, -0.05) is 72.8 Å². The van der Waals surface area contributed by atoms with Crippen LogP contribution in [0.3, 0.4) is 0 Å². The Balaban J connectivity index is 0.000000134. The molecule has 0 aliphatic rings. The standard InChI is InChI=1S/C12H7BrS.C12H11N/c13-10-6-3-5-9-8-4-1-2-7-11(8)14-12(9)10;13-12-8-6-11(7-9-12)10-4-2-1-3-5-10/h1-7H;1-9H,13H2. The van der Waals surface area contributed by atoms with E-state index in [4.69, 9.17) is 5.73 Å². The third-order valence-electron chi connectivity index (χ3n) is 4.37. The maximum atomic E-state index is 5.60. The zero-order valence-electron chi connectivity index (χ0n) is 14.6. The highest BCUT2D eigenvalue weighted by atomic mass is 79.9. The summed E-state index contributed by atoms with van der Waals surface area (Å²) in [4.78, 5) is 0. The average molecular weight is 432 g/mol. The predicted molar refractivity (Wildman–Crippen MR) is 123 cm³/mol. The second kappa shape index (κ2) is 7.95. The van der Waals surface area contributed by atoms with E-state index in [2.05, 4.69) is 70.5 Å². The monoisotopic (exact) mass is 431 g/mol. The fraction of sp³-hybridized carbons (Fsp3) is 0. The van der Waals surface area contributed by atoms with Crippen LogP contribution in [0.2, 0.25) is 0 Å². The first kappa shape index (κ1) is 17.8. The van der Waals surface area contributed by atoms with Crippen LogP contribution in [0.1, 0.15) is 0 Å². The number of rotatable bonds is 1. The Kier molecular flexibility index (Phi) is 5.23. The minimum Gasteiger partial charge on any atom is -0.399 e. The summed E-state index contributed by atoms with van der Waals surface area (Å²) < 4.78 is 3.89. The van der Waals surface area contributed by atoms with Gasteiger partial charge in [0.15, 0.2) is 0 Å². The van der Waals surface area contributed by atoms with E-state index in [1.165, 1.54) is 35.8 Å². The summed E-state index contributed by atoms with van der Waals surface area (Å²) in [5.41, 5.74) is 8.84. The van der Waals surface area contributed by atoms with Crippen LogP contribution in [-0.2, 0) is 0 Å². The zero-order chi connectivity index (χ0) is 18.6. The number of hydrogen-bond acceptors (Lipinski definition) is 2. The van der Waals surface area contributed by atoms with Gasteiger partial charge in [0, 0.05) is 30.3 Å². The van der Waals surface area contributed by atoms with Crippen LogP contribution in [0.4, 0.5) is 5.69 Å². The number of fused-ring (bicyclic) bond motifs is 3. The minimum absolute atomic E-state index is 0.805. The first-order chi connectivity index (χ1) is 13.2. The lowest BCUT2D eigenvalue weighted by Crippen LogP contribution is -1.83. The summed E-state index contributed by atoms with van der Waals surface area (Å²) in [5, 5.41) is 2.70. The summed E-state index contributed by atoms with van der Waals surface area (Å²) in [6, 6.07) is 33.1. The molecule has 0 spiro atoms. The summed E-state index contributed by atoms with van der Waals surface area (Å²) in [5.74, 6) is 0. The van der Waals surface area contributed by atoms with Crippen LogP contribution in [0.15, 0.2) is 102 Å². The van der Waals surface area contributed by atoms with E-state index < -0.39 is 0 Å². The van der Waals surface area contributed by atoms with Crippen LogP contribution in [0.5, 0.6) is 0 Å². The Labute approximate surface area is 171 Å². The Morgan fingerprint density at radius 3 is 2.00 bits per heavy atom. The van der Waals surface area contributed by atoms with E-state index in [1.54, 1.807) is 0 Å². The molecule has 1 aromatic heterocycles. The van der Waals surface area contributed by atoms with Crippen molar-refractivity contribution in [3.63, 3.8) is 0 Å². The third-order valence-corrected chi connectivity index (χ3v) is 6.52. The van der Waals surface area contributed by atoms with E-state index in [0.717, 1.165) is 5.69 Å². The molecule has 1 heterocycles. The van der Waals surface area contributed by atoms with Crippen molar-refractivity contribution in [2.45, 2.75) is 0 Å². The van der Waals surface area contributed by atoms with Gasteiger partial charge in [0.25, 0.3) is 0 Å². The summed E-state index contributed by atoms with van der Waals surface area (Å²) >= 11 is 5.43. The van der Waals surface area contributed by atoms with Crippen LogP contribution in [0.25, 0.3) is 31.3 Å². The summed E-state index contributed by atoms with van der Waals surface area (Å²) in [7, 11) is 0. The molecule has 5 aromatic rings. The van der Waals surface area contributed by atoms with Gasteiger partial charge in [-0.3, -0.25) is 0 Å². The van der Waals surface area contributed by atoms with Crippen molar-refractivity contribution >= 4 is 53.1 Å². The van der Waals surface area contributed by atoms with Gasteiger partial charge in [-0.15, -0.1) is 11.3 Å². The van der Waals surface area contributed by atoms with E-state index in [-0.39, 0.29) is 0 Å². The molecular formula is C24H18BrNS. The molecule has 0 saturated carbocycles. The lowest BCUT2D eigenvalue weighted by molar-refractivity contribution is 1.61. The smallest absolute Gasteiger partial charge is 0.0497 e. The second-order valence-corrected chi connectivity index (χ2v) is 8.11. The Morgan fingerprint density at radius 2 is 1.22 bits per heavy atom. The van der Waals surface area contributed by atoms with Crippen LogP contribution in [0, 0.1) is 0 Å². The van der Waals surface area contributed by atoms with E-state index in [9.17, 15) is 0 Å². The van der Waals surface area contributed by atoms with Crippen molar-refractivity contribution in [2.24, 2.45) is 0 Å². The Morgan fingerprint density at radius 1 is 0.593 bits per heavy atom. The van der Waals surface area contributed by atoms with Gasteiger partial charge in [0.2, 0.25) is 0 Å². The second-order valence-electron chi connectivity index (χ2n) is 6.20. The first-order valence-electron chi connectivity index (χ1n) is 8.69. The predicted octanol–water partition coefficient (Wildman–Crippen LogP) is 7.75. The number of halogens is 1. The quantitative estimate of drug-likeness (QED) is 0.269. The van der Waals surface area contributed by atoms with Crippen LogP contribution in [-0.4, -0.2) is 0 Å². The largest absolute Gasteiger partial charge is 0.399 e. The van der Waals surface area contributed by atoms with Crippen molar-refractivity contribution < 1.29 is 0 Å². The molecule has 1 nitrogen and oxygen atoms in total. The average Bonchev–Trinajstić information content (AvgIpc) is 3.10. The summed E-state index contributed by atoms with van der Waals surface area (Å²) in [6.07, 6.45) is 0. The van der Waals surface area contributed by atoms with Gasteiger partial charge in [-0.25, -0.2) is 0 Å². The number of hydrogen-bond donors (Lipinski definition) is 1. The molecule has 0 aliphatic heterocycles. The van der Waals surface area contributed by atoms with Gasteiger partial charge in [-0.05, 0) is 51.3 Å². The molecule has 0 unspecified atom stereocenters. The molecule has 27 heavy (non-hydrogen) atoms. The highest BCUT2D eigenvalue weighted by Crippen LogP contribution is 2.37. The minimum atomic E-state index is 0.805. The number of nitrogen functional groups attached to an aromatic ring is 1. The van der Waals surface area contributed by atoms with Crippen molar-refractivity contribution in [3.8, 4) is 11.1 Å². The molecule has 2 N–H and O–H groups in total. The normalized spacial score (nSPS) is 10.6. The molecule has 0 amide bonds. The molecule has 0 bridgehead atoms. The van der Waals surface area contributed by atoms with Gasteiger partial charge in [-0.2, -0.15) is 0 Å². The van der Waals surface area contributed by atoms with Crippen LogP contribution < -0.4 is 5.73 Å². The highest BCUT2D eigenvalue weighted by molar-refractivity contribution is 9.10. The molecule has 0 saturated heterocycles. The molecule has 3 heteroatoms. The zero-order valence-corrected chi connectivity index (χ0v) is 17.0. The van der Waals surface area contributed by atoms with Gasteiger partial charge in [0.1, 0.15) is 0 Å². The van der Waals surface area contributed by atoms with Crippen molar-refractivity contribution in [1.29, 1.82) is 0 Å². The maximum Gasteiger partial charge on any atom is 0.0497 e. The molecule has 0 atom stereocenters. The molecule has 0 radical (unpaired) electrons. The number of anilines is 1. The topological polar surface area (TPSA) is 26.0 Å². The lowest BCUT2D eigenvalue weighted by atomic mass is 10.1. The number of thiophene rings is 1. The summed E-state index contributed by atoms with van der Waals surface area (Å²) in [6.45, 7) is 0. The number of nitrogens with two attached hydrogens (primary N) is 1. The molecule has 132 valence electrons. The van der Waals surface area contributed by atoms with Gasteiger partial charge < -0.3 is 5.73 Å². The molecule has 0 aliphatic carbocycles. The molecule has 4 aromatic carbocycles. The highest BCUT2D eigenvalue weighted by Gasteiger charge is 2.05. The van der Waals surface area contributed by atoms with E-state index in [0.29, 0.717) is 0 Å². The third kappa shape index (κ3) is 3.90. The van der Waals surface area contributed by atoms with Gasteiger partial charge in [0.05, 0.1) is 0 Å². The van der Waals surface area contributed by atoms with E-state index >= 15 is 0 Å². The fourth-order valence-corrected chi connectivity index (χ4v) is 4.74. The van der Waals surface area contributed by atoms with E-state index in [1.807, 2.05) is 53.8 Å².